The summed E-state index contributed by atoms with van der Waals surface area (Å²) in [6.45, 7) is 3.39. The van der Waals surface area contributed by atoms with E-state index in [0.717, 1.165) is 11.3 Å². The van der Waals surface area contributed by atoms with Gasteiger partial charge in [0.05, 0.1) is 7.11 Å². The number of ether oxygens (including phenoxy) is 3. The summed E-state index contributed by atoms with van der Waals surface area (Å²) < 4.78 is 15.7. The van der Waals surface area contributed by atoms with Gasteiger partial charge in [0.1, 0.15) is 11.5 Å². The van der Waals surface area contributed by atoms with Crippen LogP contribution in [0.25, 0.3) is 0 Å². The number of hydrogen-bond donors (Lipinski definition) is 1. The molecule has 1 amide bonds. The standard InChI is InChI=1S/C20H22ClNO5/c1-13(19(23)22-12-15-4-8-17(25-3)9-5-15)27-20(24)14(2)26-18-10-6-16(21)7-11-18/h4-11,13-14H,12H2,1-3H3,(H,22,23)/t13-,14-/m0/s1. The van der Waals surface area contributed by atoms with Gasteiger partial charge in [0.2, 0.25) is 0 Å². The van der Waals surface area contributed by atoms with Crippen LogP contribution in [-0.4, -0.2) is 31.2 Å². The van der Waals surface area contributed by atoms with Gasteiger partial charge in [0, 0.05) is 11.6 Å². The Bertz CT molecular complexity index is 761. The van der Waals surface area contributed by atoms with Gasteiger partial charge in [-0.1, -0.05) is 23.7 Å². The van der Waals surface area contributed by atoms with Crippen LogP contribution in [-0.2, 0) is 20.9 Å². The van der Waals surface area contributed by atoms with Crippen molar-refractivity contribution in [2.24, 2.45) is 0 Å². The zero-order valence-corrected chi connectivity index (χ0v) is 16.2. The highest BCUT2D eigenvalue weighted by Gasteiger charge is 2.23. The summed E-state index contributed by atoms with van der Waals surface area (Å²) >= 11 is 5.81. The van der Waals surface area contributed by atoms with Gasteiger partial charge in [-0.2, -0.15) is 0 Å². The monoisotopic (exact) mass is 391 g/mol. The molecule has 2 rings (SSSR count). The molecule has 0 aliphatic carbocycles. The minimum absolute atomic E-state index is 0.321. The highest BCUT2D eigenvalue weighted by atomic mass is 35.5. The van der Waals surface area contributed by atoms with Crippen LogP contribution in [0.4, 0.5) is 0 Å². The second-order valence-electron chi connectivity index (χ2n) is 5.86. The molecule has 2 aromatic rings. The average molecular weight is 392 g/mol. The predicted molar refractivity (Wildman–Crippen MR) is 102 cm³/mol. The van der Waals surface area contributed by atoms with E-state index in [1.165, 1.54) is 6.92 Å². The third kappa shape index (κ3) is 6.49. The average Bonchev–Trinajstić information content (AvgIpc) is 2.68. The molecule has 0 aromatic heterocycles. The van der Waals surface area contributed by atoms with Crippen LogP contribution in [0, 0.1) is 0 Å². The number of esters is 1. The first-order chi connectivity index (χ1) is 12.9. The van der Waals surface area contributed by atoms with Gasteiger partial charge < -0.3 is 19.5 Å². The molecule has 2 aromatic carbocycles. The molecule has 0 spiro atoms. The second-order valence-corrected chi connectivity index (χ2v) is 6.30. The smallest absolute Gasteiger partial charge is 0.347 e. The summed E-state index contributed by atoms with van der Waals surface area (Å²) in [5.74, 6) is 0.206. The van der Waals surface area contributed by atoms with Crippen molar-refractivity contribution in [3.63, 3.8) is 0 Å². The van der Waals surface area contributed by atoms with E-state index in [1.807, 2.05) is 12.1 Å². The molecular weight excluding hydrogens is 370 g/mol. The van der Waals surface area contributed by atoms with Crippen LogP contribution in [0.5, 0.6) is 11.5 Å². The van der Waals surface area contributed by atoms with E-state index in [4.69, 9.17) is 25.8 Å². The topological polar surface area (TPSA) is 73.9 Å². The third-order valence-electron chi connectivity index (χ3n) is 3.75. The molecule has 0 heterocycles. The number of amides is 1. The van der Waals surface area contributed by atoms with Crippen LogP contribution in [0.15, 0.2) is 48.5 Å². The Balaban J connectivity index is 1.79. The molecule has 0 radical (unpaired) electrons. The first-order valence-corrected chi connectivity index (χ1v) is 8.80. The summed E-state index contributed by atoms with van der Waals surface area (Å²) in [4.78, 5) is 24.2. The number of carbonyl (C=O) groups is 2. The van der Waals surface area contributed by atoms with Crippen molar-refractivity contribution >= 4 is 23.5 Å². The lowest BCUT2D eigenvalue weighted by Gasteiger charge is -2.18. The minimum atomic E-state index is -0.938. The maximum Gasteiger partial charge on any atom is 0.347 e. The van der Waals surface area contributed by atoms with Gasteiger partial charge in [-0.25, -0.2) is 4.79 Å². The fourth-order valence-corrected chi connectivity index (χ4v) is 2.29. The van der Waals surface area contributed by atoms with Crippen LogP contribution in [0.3, 0.4) is 0 Å². The Morgan fingerprint density at radius 2 is 1.56 bits per heavy atom. The van der Waals surface area contributed by atoms with Crippen LogP contribution in [0.2, 0.25) is 5.02 Å². The third-order valence-corrected chi connectivity index (χ3v) is 4.00. The Hall–Kier alpha value is -2.73. The van der Waals surface area contributed by atoms with Crippen molar-refractivity contribution in [2.45, 2.75) is 32.6 Å². The molecule has 0 aliphatic heterocycles. The Morgan fingerprint density at radius 3 is 2.15 bits per heavy atom. The van der Waals surface area contributed by atoms with E-state index >= 15 is 0 Å². The van der Waals surface area contributed by atoms with E-state index < -0.39 is 24.1 Å². The molecule has 0 aliphatic rings. The van der Waals surface area contributed by atoms with Crippen LogP contribution >= 0.6 is 11.6 Å². The van der Waals surface area contributed by atoms with E-state index in [9.17, 15) is 9.59 Å². The highest BCUT2D eigenvalue weighted by Crippen LogP contribution is 2.17. The molecule has 0 bridgehead atoms. The summed E-state index contributed by atoms with van der Waals surface area (Å²) in [6, 6.07) is 13.9. The van der Waals surface area contributed by atoms with E-state index in [0.29, 0.717) is 17.3 Å². The number of halogens is 1. The quantitative estimate of drug-likeness (QED) is 0.698. The van der Waals surface area contributed by atoms with Gasteiger partial charge >= 0.3 is 5.97 Å². The lowest BCUT2D eigenvalue weighted by Crippen LogP contribution is -2.38. The van der Waals surface area contributed by atoms with Gasteiger partial charge in [-0.3, -0.25) is 4.79 Å². The zero-order valence-electron chi connectivity index (χ0n) is 15.4. The van der Waals surface area contributed by atoms with E-state index in [1.54, 1.807) is 50.4 Å². The van der Waals surface area contributed by atoms with Crippen molar-refractivity contribution in [2.75, 3.05) is 7.11 Å². The van der Waals surface area contributed by atoms with Crippen molar-refractivity contribution in [3.8, 4) is 11.5 Å². The minimum Gasteiger partial charge on any atom is -0.497 e. The number of nitrogens with one attached hydrogen (secondary N) is 1. The Morgan fingerprint density at radius 1 is 0.963 bits per heavy atom. The normalized spacial score (nSPS) is 12.6. The first kappa shape index (κ1) is 20.6. The molecule has 144 valence electrons. The van der Waals surface area contributed by atoms with E-state index in [-0.39, 0.29) is 0 Å². The number of carbonyl (C=O) groups excluding carboxylic acids is 2. The maximum atomic E-state index is 12.1. The SMILES string of the molecule is COc1ccc(CNC(=O)[C@H](C)OC(=O)[C@H](C)Oc2ccc(Cl)cc2)cc1. The van der Waals surface area contributed by atoms with Crippen molar-refractivity contribution in [1.29, 1.82) is 0 Å². The number of methoxy groups -OCH3 is 1. The van der Waals surface area contributed by atoms with Crippen molar-refractivity contribution < 1.29 is 23.8 Å². The summed E-state index contributed by atoms with van der Waals surface area (Å²) in [6.07, 6.45) is -1.80. The maximum absolute atomic E-state index is 12.1. The zero-order chi connectivity index (χ0) is 19.8. The number of hydrogen-bond acceptors (Lipinski definition) is 5. The van der Waals surface area contributed by atoms with Gasteiger partial charge in [0.25, 0.3) is 5.91 Å². The largest absolute Gasteiger partial charge is 0.497 e. The molecule has 6 nitrogen and oxygen atoms in total. The van der Waals surface area contributed by atoms with Crippen molar-refractivity contribution in [1.82, 2.24) is 5.32 Å². The van der Waals surface area contributed by atoms with Crippen LogP contribution in [0.1, 0.15) is 19.4 Å². The lowest BCUT2D eigenvalue weighted by molar-refractivity contribution is -0.160. The number of rotatable bonds is 8. The molecule has 0 unspecified atom stereocenters. The van der Waals surface area contributed by atoms with Gasteiger partial charge in [0.15, 0.2) is 12.2 Å². The Kier molecular flexibility index (Phi) is 7.49. The lowest BCUT2D eigenvalue weighted by atomic mass is 10.2. The van der Waals surface area contributed by atoms with E-state index in [2.05, 4.69) is 5.32 Å². The Labute approximate surface area is 163 Å². The highest BCUT2D eigenvalue weighted by molar-refractivity contribution is 6.30. The summed E-state index contributed by atoms with van der Waals surface area (Å²) in [7, 11) is 1.59. The molecule has 7 heteroatoms. The fraction of sp³-hybridized carbons (Fsp3) is 0.300. The molecule has 0 fully saturated rings. The van der Waals surface area contributed by atoms with Crippen molar-refractivity contribution in [3.05, 3.63) is 59.1 Å². The van der Waals surface area contributed by atoms with Crippen LogP contribution < -0.4 is 14.8 Å². The first-order valence-electron chi connectivity index (χ1n) is 8.42. The molecule has 0 saturated carbocycles. The predicted octanol–water partition coefficient (Wildman–Crippen LogP) is 3.36. The molecular formula is C20H22ClNO5. The molecule has 0 saturated heterocycles. The second kappa shape index (κ2) is 9.83. The summed E-state index contributed by atoms with van der Waals surface area (Å²) in [5, 5.41) is 3.29. The molecule has 2 atom stereocenters. The fourth-order valence-electron chi connectivity index (χ4n) is 2.17. The van der Waals surface area contributed by atoms with Gasteiger partial charge in [-0.15, -0.1) is 0 Å². The summed E-state index contributed by atoms with van der Waals surface area (Å²) in [5.41, 5.74) is 0.905. The number of benzene rings is 2. The molecule has 27 heavy (non-hydrogen) atoms. The van der Waals surface area contributed by atoms with Gasteiger partial charge in [-0.05, 0) is 55.8 Å². The molecule has 1 N–H and O–H groups in total.